The van der Waals surface area contributed by atoms with Crippen molar-refractivity contribution in [3.63, 3.8) is 0 Å². The first-order valence-corrected chi connectivity index (χ1v) is 13.1. The van der Waals surface area contributed by atoms with Crippen LogP contribution in [-0.4, -0.2) is 47.0 Å². The summed E-state index contributed by atoms with van der Waals surface area (Å²) in [6.07, 6.45) is 3.33. The molecule has 0 fully saturated rings. The lowest BCUT2D eigenvalue weighted by molar-refractivity contribution is -0.109. The van der Waals surface area contributed by atoms with Crippen LogP contribution in [0, 0.1) is 11.3 Å². The zero-order valence-corrected chi connectivity index (χ0v) is 21.3. The van der Waals surface area contributed by atoms with Crippen LogP contribution in [0.15, 0.2) is 36.4 Å². The molecule has 188 valence electrons. The quantitative estimate of drug-likeness (QED) is 0.251. The molecule has 1 amide bonds. The van der Waals surface area contributed by atoms with Crippen LogP contribution in [0.5, 0.6) is 5.75 Å². The average Bonchev–Trinajstić information content (AvgIpc) is 3.52. The lowest BCUT2D eigenvalue weighted by atomic mass is 10.0. The predicted octanol–water partition coefficient (Wildman–Crippen LogP) is 3.99. The second-order valence-corrected chi connectivity index (χ2v) is 10.1. The van der Waals surface area contributed by atoms with E-state index in [0.717, 1.165) is 34.0 Å². The molecule has 0 saturated carbocycles. The van der Waals surface area contributed by atoms with Gasteiger partial charge in [-0.1, -0.05) is 29.5 Å². The van der Waals surface area contributed by atoms with Crippen LogP contribution in [0.3, 0.4) is 0 Å². The van der Waals surface area contributed by atoms with Gasteiger partial charge in [0.2, 0.25) is 6.41 Å². The Bertz CT molecular complexity index is 1240. The number of hydrogen-bond donors (Lipinski definition) is 3. The normalized spacial score (nSPS) is 15.4. The van der Waals surface area contributed by atoms with Crippen LogP contribution >= 0.6 is 11.3 Å². The lowest BCUT2D eigenvalue weighted by Gasteiger charge is -2.16. The van der Waals surface area contributed by atoms with E-state index in [1.165, 1.54) is 22.5 Å². The highest BCUT2D eigenvalue weighted by atomic mass is 32.1. The maximum atomic E-state index is 10.3. The molecule has 1 aromatic heterocycles. The van der Waals surface area contributed by atoms with E-state index in [1.807, 2.05) is 26.0 Å². The monoisotopic (exact) mass is 505 g/mol. The highest BCUT2D eigenvalue weighted by molar-refractivity contribution is 7.17. The van der Waals surface area contributed by atoms with Gasteiger partial charge in [-0.15, -0.1) is 10.2 Å². The molecule has 0 bridgehead atoms. The highest BCUT2D eigenvalue weighted by Gasteiger charge is 2.26. The summed E-state index contributed by atoms with van der Waals surface area (Å²) in [4.78, 5) is 10.3. The molecule has 36 heavy (non-hydrogen) atoms. The van der Waals surface area contributed by atoms with Gasteiger partial charge in [0.05, 0.1) is 17.8 Å². The molecule has 1 aliphatic rings. The lowest BCUT2D eigenvalue weighted by Crippen LogP contribution is -2.26. The van der Waals surface area contributed by atoms with Crippen molar-refractivity contribution >= 4 is 17.7 Å². The Morgan fingerprint density at radius 2 is 2.03 bits per heavy atom. The van der Waals surface area contributed by atoms with E-state index in [0.29, 0.717) is 43.7 Å². The highest BCUT2D eigenvalue weighted by Crippen LogP contribution is 2.40. The molecule has 9 heteroatoms. The van der Waals surface area contributed by atoms with E-state index >= 15 is 0 Å². The zero-order chi connectivity index (χ0) is 25.5. The average molecular weight is 506 g/mol. The minimum Gasteiger partial charge on any atom is -0.490 e. The Kier molecular flexibility index (Phi) is 8.65. The number of fused-ring (bicyclic) bond motifs is 1. The molecule has 2 unspecified atom stereocenters. The second-order valence-electron chi connectivity index (χ2n) is 9.12. The Hall–Kier alpha value is -3.32. The van der Waals surface area contributed by atoms with Crippen molar-refractivity contribution < 1.29 is 14.6 Å². The number of aliphatic hydroxyl groups excluding tert-OH is 1. The number of benzene rings is 2. The summed E-state index contributed by atoms with van der Waals surface area (Å²) in [6.45, 7) is 5.06. The van der Waals surface area contributed by atoms with Gasteiger partial charge in [0.25, 0.3) is 0 Å². The van der Waals surface area contributed by atoms with E-state index in [4.69, 9.17) is 4.74 Å². The molecule has 0 aliphatic heterocycles. The SMILES string of the molecule is CC(C)Oc1ccc(-c2nnc(-c3cccc4c3CCC4NCCC(O)CCNC=O)s2)cc1C#N. The molecule has 0 spiro atoms. The number of carbonyl (C=O) groups excluding carboxylic acids is 1. The van der Waals surface area contributed by atoms with Crippen LogP contribution in [0.2, 0.25) is 0 Å². The molecule has 8 nitrogen and oxygen atoms in total. The summed E-state index contributed by atoms with van der Waals surface area (Å²) in [5.74, 6) is 0.575. The van der Waals surface area contributed by atoms with E-state index in [1.54, 1.807) is 6.07 Å². The number of hydrogen-bond acceptors (Lipinski definition) is 8. The largest absolute Gasteiger partial charge is 0.490 e. The number of nitriles is 1. The minimum atomic E-state index is -0.440. The molecule has 4 rings (SSSR count). The van der Waals surface area contributed by atoms with Gasteiger partial charge in [-0.3, -0.25) is 4.79 Å². The number of rotatable bonds is 12. The van der Waals surface area contributed by atoms with Crippen LogP contribution in [0.4, 0.5) is 0 Å². The number of aliphatic hydroxyl groups is 1. The first-order chi connectivity index (χ1) is 17.5. The fraction of sp³-hybridized carbons (Fsp3) is 0.407. The van der Waals surface area contributed by atoms with Crippen molar-refractivity contribution in [1.82, 2.24) is 20.8 Å². The first kappa shape index (κ1) is 25.8. The van der Waals surface area contributed by atoms with Crippen molar-refractivity contribution in [3.05, 3.63) is 53.1 Å². The van der Waals surface area contributed by atoms with Gasteiger partial charge in [0.15, 0.2) is 0 Å². The summed E-state index contributed by atoms with van der Waals surface area (Å²) < 4.78 is 5.73. The Morgan fingerprint density at radius 1 is 1.22 bits per heavy atom. The Labute approximate surface area is 215 Å². The van der Waals surface area contributed by atoms with Crippen LogP contribution in [0.25, 0.3) is 21.1 Å². The molecule has 0 saturated heterocycles. The van der Waals surface area contributed by atoms with Gasteiger partial charge in [0.1, 0.15) is 21.8 Å². The molecule has 0 radical (unpaired) electrons. The summed E-state index contributed by atoms with van der Waals surface area (Å²) >= 11 is 1.52. The maximum Gasteiger partial charge on any atom is 0.207 e. The number of amides is 1. The van der Waals surface area contributed by atoms with Crippen LogP contribution in [0.1, 0.15) is 55.8 Å². The first-order valence-electron chi connectivity index (χ1n) is 12.3. The Morgan fingerprint density at radius 3 is 2.81 bits per heavy atom. The summed E-state index contributed by atoms with van der Waals surface area (Å²) in [5.41, 5.74) is 4.98. The fourth-order valence-corrected chi connectivity index (χ4v) is 5.39. The molecule has 2 atom stereocenters. The zero-order valence-electron chi connectivity index (χ0n) is 20.5. The van der Waals surface area contributed by atoms with Crippen LogP contribution < -0.4 is 15.4 Å². The number of carbonyl (C=O) groups is 1. The van der Waals surface area contributed by atoms with Crippen molar-refractivity contribution in [2.45, 2.75) is 57.8 Å². The van der Waals surface area contributed by atoms with Crippen molar-refractivity contribution in [2.24, 2.45) is 0 Å². The third-order valence-corrected chi connectivity index (χ3v) is 7.21. The number of ether oxygens (including phenoxy) is 1. The predicted molar refractivity (Wildman–Crippen MR) is 140 cm³/mol. The standard InChI is InChI=1S/C27H31N5O3S/c1-17(2)35-25-9-6-18(14-19(25)15-28)26-31-32-27(36-26)23-5-3-4-22-21(23)7-8-24(22)30-13-11-20(34)10-12-29-16-33/h3-6,9,14,16-17,20,24,30,34H,7-8,10-13H2,1-2H3,(H,29,33). The molecular weight excluding hydrogens is 474 g/mol. The van der Waals surface area contributed by atoms with Crippen molar-refractivity contribution in [2.75, 3.05) is 13.1 Å². The molecule has 2 aromatic carbocycles. The van der Waals surface area contributed by atoms with Gasteiger partial charge in [-0.25, -0.2) is 0 Å². The van der Waals surface area contributed by atoms with E-state index in [2.05, 4.69) is 45.1 Å². The molecule has 3 N–H and O–H groups in total. The third-order valence-electron chi connectivity index (χ3n) is 6.21. The Balaban J connectivity index is 1.46. The fourth-order valence-electron chi connectivity index (χ4n) is 4.50. The number of aromatic nitrogens is 2. The maximum absolute atomic E-state index is 10.3. The van der Waals surface area contributed by atoms with E-state index in [9.17, 15) is 15.2 Å². The van der Waals surface area contributed by atoms with Gasteiger partial charge >= 0.3 is 0 Å². The second kappa shape index (κ2) is 12.1. The topological polar surface area (TPSA) is 120 Å². The molecular formula is C27H31N5O3S. The smallest absolute Gasteiger partial charge is 0.207 e. The molecule has 3 aromatic rings. The summed E-state index contributed by atoms with van der Waals surface area (Å²) in [7, 11) is 0. The number of nitrogens with zero attached hydrogens (tertiary/aromatic N) is 3. The third kappa shape index (κ3) is 6.08. The minimum absolute atomic E-state index is 0.00893. The molecule has 1 heterocycles. The van der Waals surface area contributed by atoms with Crippen molar-refractivity contribution in [3.8, 4) is 33.0 Å². The summed E-state index contributed by atoms with van der Waals surface area (Å²) in [6, 6.07) is 14.3. The van der Waals surface area contributed by atoms with Crippen LogP contribution in [-0.2, 0) is 11.2 Å². The van der Waals surface area contributed by atoms with Gasteiger partial charge in [-0.05, 0) is 75.4 Å². The van der Waals surface area contributed by atoms with Crippen molar-refractivity contribution in [1.29, 1.82) is 5.26 Å². The summed E-state index contributed by atoms with van der Waals surface area (Å²) in [5, 5.41) is 36.3. The van der Waals surface area contributed by atoms with E-state index < -0.39 is 6.10 Å². The van der Waals surface area contributed by atoms with Gasteiger partial charge in [0, 0.05) is 23.7 Å². The van der Waals surface area contributed by atoms with E-state index in [-0.39, 0.29) is 12.1 Å². The number of nitrogens with one attached hydrogen (secondary N) is 2. The molecule has 1 aliphatic carbocycles. The van der Waals surface area contributed by atoms with Gasteiger partial charge in [-0.2, -0.15) is 5.26 Å². The van der Waals surface area contributed by atoms with Gasteiger partial charge < -0.3 is 20.5 Å².